The number of carbonyl (C=O) groups is 2. The van der Waals surface area contributed by atoms with E-state index < -0.39 is 18.2 Å². The number of carboxylic acid groups (broad SMARTS) is 1. The number of aliphatic carboxylic acids is 1. The van der Waals surface area contributed by atoms with E-state index in [2.05, 4.69) is 18.8 Å². The molecule has 1 fully saturated rings. The Morgan fingerprint density at radius 1 is 1.31 bits per heavy atom. The third-order valence-corrected chi connectivity index (χ3v) is 4.09. The van der Waals surface area contributed by atoms with E-state index in [1.807, 2.05) is 6.92 Å². The van der Waals surface area contributed by atoms with Crippen LogP contribution in [0.25, 0.3) is 0 Å². The Morgan fingerprint density at radius 2 is 1.83 bits per heavy atom. The maximum atomic E-state index is 11.7. The lowest BCUT2D eigenvalue weighted by Crippen LogP contribution is -2.30. The zero-order valence-electron chi connectivity index (χ0n) is 18.1. The summed E-state index contributed by atoms with van der Waals surface area (Å²) in [6, 6.07) is 3.25. The second-order valence-electron chi connectivity index (χ2n) is 7.27. The number of hydrogen-bond donors (Lipinski definition) is 4. The van der Waals surface area contributed by atoms with Gasteiger partial charge in [-0.1, -0.05) is 13.0 Å². The Labute approximate surface area is 173 Å². The largest absolute Gasteiger partial charge is 0.507 e. The number of carboxylic acids is 1. The number of carbonyl (C=O) groups excluding carboxylic acids is 1. The van der Waals surface area contributed by atoms with Gasteiger partial charge in [0, 0.05) is 12.1 Å². The number of benzene rings is 1. The number of amides is 1. The van der Waals surface area contributed by atoms with Gasteiger partial charge in [-0.25, -0.2) is 4.79 Å². The van der Waals surface area contributed by atoms with Crippen molar-refractivity contribution in [2.24, 2.45) is 5.92 Å². The van der Waals surface area contributed by atoms with Gasteiger partial charge in [0.1, 0.15) is 5.75 Å². The predicted molar refractivity (Wildman–Crippen MR) is 113 cm³/mol. The molecule has 1 aliphatic rings. The van der Waals surface area contributed by atoms with Crippen LogP contribution >= 0.6 is 0 Å². The molecule has 1 amide bonds. The lowest BCUT2D eigenvalue weighted by Gasteiger charge is -2.23. The van der Waals surface area contributed by atoms with Crippen LogP contribution in [0.1, 0.15) is 55.1 Å². The minimum atomic E-state index is -0.827. The molecule has 1 aromatic rings. The number of allylic oxidation sites excluding steroid dienone is 1. The van der Waals surface area contributed by atoms with Gasteiger partial charge in [-0.3, -0.25) is 4.79 Å². The number of aromatic hydroxyl groups is 1. The molecule has 0 aromatic heterocycles. The first-order valence-electron chi connectivity index (χ1n) is 9.71. The second kappa shape index (κ2) is 13.7. The first-order valence-corrected chi connectivity index (χ1v) is 9.71. The lowest BCUT2D eigenvalue weighted by atomic mass is 10.0. The van der Waals surface area contributed by atoms with E-state index in [0.717, 1.165) is 6.42 Å². The molecule has 7 nitrogen and oxygen atoms in total. The van der Waals surface area contributed by atoms with Crippen molar-refractivity contribution >= 4 is 11.9 Å². The number of phenols is 1. The molecule has 0 radical (unpaired) electrons. The molecule has 2 rings (SSSR count). The van der Waals surface area contributed by atoms with Gasteiger partial charge in [0.05, 0.1) is 12.7 Å². The number of rotatable bonds is 4. The van der Waals surface area contributed by atoms with Crippen molar-refractivity contribution in [2.75, 3.05) is 13.2 Å². The van der Waals surface area contributed by atoms with Gasteiger partial charge >= 0.3 is 5.97 Å². The van der Waals surface area contributed by atoms with Crippen LogP contribution in [0.5, 0.6) is 5.75 Å². The van der Waals surface area contributed by atoms with E-state index in [0.29, 0.717) is 35.6 Å². The minimum Gasteiger partial charge on any atom is -0.507 e. The van der Waals surface area contributed by atoms with Crippen molar-refractivity contribution < 1.29 is 29.6 Å². The van der Waals surface area contributed by atoms with E-state index in [4.69, 9.17) is 14.9 Å². The van der Waals surface area contributed by atoms with Crippen LogP contribution in [0.4, 0.5) is 0 Å². The fourth-order valence-corrected chi connectivity index (χ4v) is 2.51. The van der Waals surface area contributed by atoms with E-state index >= 15 is 0 Å². The average molecular weight is 410 g/mol. The Kier molecular flexibility index (Phi) is 12.6. The van der Waals surface area contributed by atoms with Gasteiger partial charge in [-0.05, 0) is 69.7 Å². The molecule has 1 aliphatic heterocycles. The third kappa shape index (κ3) is 10.7. The van der Waals surface area contributed by atoms with E-state index in [9.17, 15) is 14.7 Å². The summed E-state index contributed by atoms with van der Waals surface area (Å²) in [4.78, 5) is 22.0. The van der Waals surface area contributed by atoms with Crippen molar-refractivity contribution in [2.45, 2.75) is 59.7 Å². The fraction of sp³-hybridized carbons (Fsp3) is 0.545. The summed E-state index contributed by atoms with van der Waals surface area (Å²) in [5.74, 6) is -0.332. The summed E-state index contributed by atoms with van der Waals surface area (Å²) in [5.41, 5.74) is 1.83. The highest BCUT2D eigenvalue weighted by atomic mass is 16.5. The smallest absolute Gasteiger partial charge is 0.332 e. The molecule has 0 saturated carbocycles. The van der Waals surface area contributed by atoms with Crippen LogP contribution in [-0.2, 0) is 9.53 Å². The van der Waals surface area contributed by atoms with Gasteiger partial charge in [-0.2, -0.15) is 0 Å². The van der Waals surface area contributed by atoms with Crippen LogP contribution < -0.4 is 5.32 Å². The monoisotopic (exact) mass is 409 g/mol. The average Bonchev–Trinajstić information content (AvgIpc) is 2.65. The maximum Gasteiger partial charge on any atom is 0.332 e. The molecular formula is C22H35NO6. The molecule has 1 heterocycles. The van der Waals surface area contributed by atoms with Crippen LogP contribution in [0.15, 0.2) is 24.8 Å². The van der Waals surface area contributed by atoms with Crippen LogP contribution in [-0.4, -0.2) is 52.6 Å². The summed E-state index contributed by atoms with van der Waals surface area (Å²) < 4.78 is 5.05. The number of hydrogen-bond acceptors (Lipinski definition) is 5. The van der Waals surface area contributed by atoms with E-state index in [1.165, 1.54) is 0 Å². The maximum absolute atomic E-state index is 11.7. The molecule has 0 bridgehead atoms. The highest BCUT2D eigenvalue weighted by molar-refractivity contribution is 5.94. The molecule has 164 valence electrons. The lowest BCUT2D eigenvalue weighted by molar-refractivity contribution is -0.154. The quantitative estimate of drug-likeness (QED) is 0.568. The van der Waals surface area contributed by atoms with Crippen molar-refractivity contribution in [1.29, 1.82) is 0 Å². The Hall–Kier alpha value is -2.38. The third-order valence-electron chi connectivity index (χ3n) is 4.09. The van der Waals surface area contributed by atoms with Crippen LogP contribution in [0.2, 0.25) is 0 Å². The van der Waals surface area contributed by atoms with Crippen LogP contribution in [0.3, 0.4) is 0 Å². The standard InChI is InChI=1S/C12H17NO3.C7H12O3.C3H6/c1-7-4-10(5-8(2)11(7)15)12(16)13-6-9(3)14;1-5-2-3-6(7(8)9)10-4-5;1-3-2/h4-5,9,14-15H,6H2,1-3H3,(H,13,16);5-6H,2-4H2,1H3,(H,8,9);3H,1H2,2H3/t;5-,6?;/m.0./s1. The molecule has 3 atom stereocenters. The molecule has 29 heavy (non-hydrogen) atoms. The number of nitrogens with one attached hydrogen (secondary N) is 1. The summed E-state index contributed by atoms with van der Waals surface area (Å²) in [6.45, 7) is 13.2. The highest BCUT2D eigenvalue weighted by Crippen LogP contribution is 2.22. The van der Waals surface area contributed by atoms with Crippen molar-refractivity contribution in [3.8, 4) is 5.75 Å². The minimum absolute atomic E-state index is 0.215. The van der Waals surface area contributed by atoms with Gasteiger partial charge in [-0.15, -0.1) is 6.58 Å². The van der Waals surface area contributed by atoms with Crippen molar-refractivity contribution in [3.63, 3.8) is 0 Å². The number of aryl methyl sites for hydroxylation is 2. The molecule has 2 unspecified atom stereocenters. The predicted octanol–water partition coefficient (Wildman–Crippen LogP) is 3.20. The summed E-state index contributed by atoms with van der Waals surface area (Å²) in [5, 5.41) is 29.7. The van der Waals surface area contributed by atoms with Gasteiger partial charge in [0.15, 0.2) is 6.10 Å². The Morgan fingerprint density at radius 3 is 2.21 bits per heavy atom. The molecule has 1 aromatic carbocycles. The SMILES string of the molecule is C=CC.C[C@H]1CCC(C(=O)O)OC1.Cc1cc(C(=O)NCC(C)O)cc(C)c1O. The van der Waals surface area contributed by atoms with Gasteiger partial charge < -0.3 is 25.4 Å². The normalized spacial score (nSPS) is 18.8. The van der Waals surface area contributed by atoms with Crippen molar-refractivity contribution in [3.05, 3.63) is 41.5 Å². The van der Waals surface area contributed by atoms with Gasteiger partial charge in [0.25, 0.3) is 5.91 Å². The summed E-state index contributed by atoms with van der Waals surface area (Å²) >= 11 is 0. The molecule has 0 spiro atoms. The van der Waals surface area contributed by atoms with E-state index in [1.54, 1.807) is 39.0 Å². The van der Waals surface area contributed by atoms with Crippen molar-refractivity contribution in [1.82, 2.24) is 5.32 Å². The van der Waals surface area contributed by atoms with E-state index in [-0.39, 0.29) is 18.2 Å². The number of ether oxygens (including phenoxy) is 1. The highest BCUT2D eigenvalue weighted by Gasteiger charge is 2.23. The number of aliphatic hydroxyl groups is 1. The van der Waals surface area contributed by atoms with Gasteiger partial charge in [0.2, 0.25) is 0 Å². The number of aliphatic hydroxyl groups excluding tert-OH is 1. The number of phenolic OH excluding ortho intramolecular Hbond substituents is 1. The Bertz CT molecular complexity index is 640. The molecule has 4 N–H and O–H groups in total. The fourth-order valence-electron chi connectivity index (χ4n) is 2.51. The zero-order chi connectivity index (χ0) is 22.6. The summed E-state index contributed by atoms with van der Waals surface area (Å²) in [7, 11) is 0. The molecule has 1 saturated heterocycles. The molecular weight excluding hydrogens is 374 g/mol. The topological polar surface area (TPSA) is 116 Å². The summed E-state index contributed by atoms with van der Waals surface area (Å²) in [6.07, 6.45) is 2.27. The first-order chi connectivity index (χ1) is 13.5. The second-order valence-corrected chi connectivity index (χ2v) is 7.27. The zero-order valence-corrected chi connectivity index (χ0v) is 18.1. The molecule has 7 heteroatoms. The Balaban J connectivity index is 0.000000514. The molecule has 0 aliphatic carbocycles. The first kappa shape index (κ1) is 26.6. The van der Waals surface area contributed by atoms with Crippen LogP contribution in [0, 0.1) is 19.8 Å².